The smallest absolute Gasteiger partial charge is 0.244 e. The summed E-state index contributed by atoms with van der Waals surface area (Å²) in [5, 5.41) is 2.67. The van der Waals surface area contributed by atoms with Crippen molar-refractivity contribution in [3.8, 4) is 0 Å². The van der Waals surface area contributed by atoms with Crippen LogP contribution >= 0.6 is 15.9 Å². The number of halogens is 1. The zero-order chi connectivity index (χ0) is 15.2. The van der Waals surface area contributed by atoms with E-state index in [1.807, 2.05) is 30.3 Å². The number of carbonyl (C=O) groups is 2. The van der Waals surface area contributed by atoms with Crippen LogP contribution in [0.4, 0.5) is 0 Å². The van der Waals surface area contributed by atoms with Crippen LogP contribution in [0.25, 0.3) is 0 Å². The lowest BCUT2D eigenvalue weighted by Crippen LogP contribution is -2.38. The first-order valence-corrected chi connectivity index (χ1v) is 7.23. The molecule has 1 unspecified atom stereocenters. The molecule has 0 saturated carbocycles. The number of rotatable bonds is 5. The van der Waals surface area contributed by atoms with Crippen molar-refractivity contribution in [2.75, 3.05) is 0 Å². The third kappa shape index (κ3) is 4.43. The Morgan fingerprint density at radius 3 is 2.24 bits per heavy atom. The van der Waals surface area contributed by atoms with Gasteiger partial charge in [-0.15, -0.1) is 0 Å². The van der Waals surface area contributed by atoms with Crippen LogP contribution in [0.1, 0.15) is 17.2 Å². The van der Waals surface area contributed by atoms with Crippen molar-refractivity contribution >= 4 is 27.7 Å². The molecule has 0 bridgehead atoms. The van der Waals surface area contributed by atoms with Gasteiger partial charge in [0.1, 0.15) is 6.04 Å². The van der Waals surface area contributed by atoms with Crippen LogP contribution in [0.15, 0.2) is 59.1 Å². The molecule has 0 aliphatic heterocycles. The van der Waals surface area contributed by atoms with Gasteiger partial charge < -0.3 is 11.1 Å². The van der Waals surface area contributed by atoms with Crippen molar-refractivity contribution < 1.29 is 9.59 Å². The van der Waals surface area contributed by atoms with Gasteiger partial charge in [-0.3, -0.25) is 9.59 Å². The highest BCUT2D eigenvalue weighted by Crippen LogP contribution is 2.14. The number of carbonyl (C=O) groups excluding carboxylic acids is 2. The monoisotopic (exact) mass is 346 g/mol. The van der Waals surface area contributed by atoms with Crippen LogP contribution in [0.5, 0.6) is 0 Å². The third-order valence-electron chi connectivity index (χ3n) is 3.00. The zero-order valence-electron chi connectivity index (χ0n) is 11.3. The highest BCUT2D eigenvalue weighted by atomic mass is 79.9. The van der Waals surface area contributed by atoms with Gasteiger partial charge in [0.2, 0.25) is 11.8 Å². The minimum Gasteiger partial charge on any atom is -0.368 e. The molecule has 4 nitrogen and oxygen atoms in total. The minimum absolute atomic E-state index is 0.198. The van der Waals surface area contributed by atoms with E-state index in [0.717, 1.165) is 10.0 Å². The molecule has 0 saturated heterocycles. The van der Waals surface area contributed by atoms with Crippen LogP contribution < -0.4 is 11.1 Å². The largest absolute Gasteiger partial charge is 0.368 e. The van der Waals surface area contributed by atoms with Gasteiger partial charge in [0.25, 0.3) is 0 Å². The molecule has 0 radical (unpaired) electrons. The Hall–Kier alpha value is -2.14. The Morgan fingerprint density at radius 2 is 1.67 bits per heavy atom. The summed E-state index contributed by atoms with van der Waals surface area (Å²) in [5.41, 5.74) is 6.91. The second-order valence-corrected chi connectivity index (χ2v) is 5.53. The second kappa shape index (κ2) is 7.04. The Morgan fingerprint density at radius 1 is 1.05 bits per heavy atom. The molecule has 2 amide bonds. The fourth-order valence-electron chi connectivity index (χ4n) is 1.96. The van der Waals surface area contributed by atoms with Crippen LogP contribution in [0, 0.1) is 0 Å². The predicted octanol–water partition coefficient (Wildman–Crippen LogP) is 2.33. The van der Waals surface area contributed by atoms with Crippen molar-refractivity contribution in [2.45, 2.75) is 12.5 Å². The molecule has 3 N–H and O–H groups in total. The summed E-state index contributed by atoms with van der Waals surface area (Å²) in [6.45, 7) is 0. The lowest BCUT2D eigenvalue weighted by Gasteiger charge is -2.15. The maximum absolute atomic E-state index is 12.1. The van der Waals surface area contributed by atoms with E-state index in [1.165, 1.54) is 0 Å². The average molecular weight is 347 g/mol. The van der Waals surface area contributed by atoms with Crippen molar-refractivity contribution in [1.29, 1.82) is 0 Å². The lowest BCUT2D eigenvalue weighted by atomic mass is 10.1. The van der Waals surface area contributed by atoms with Gasteiger partial charge in [-0.1, -0.05) is 58.4 Å². The summed E-state index contributed by atoms with van der Waals surface area (Å²) in [6, 6.07) is 15.6. The van der Waals surface area contributed by atoms with Gasteiger partial charge in [0.05, 0.1) is 6.42 Å². The number of nitrogens with one attached hydrogen (secondary N) is 1. The van der Waals surface area contributed by atoms with Crippen molar-refractivity contribution in [3.63, 3.8) is 0 Å². The molecule has 2 aromatic rings. The third-order valence-corrected chi connectivity index (χ3v) is 3.53. The highest BCUT2D eigenvalue weighted by molar-refractivity contribution is 9.10. The topological polar surface area (TPSA) is 72.2 Å². The fourth-order valence-corrected chi connectivity index (χ4v) is 2.23. The molecular formula is C16H15BrN2O2. The Labute approximate surface area is 131 Å². The van der Waals surface area contributed by atoms with E-state index < -0.39 is 11.9 Å². The van der Waals surface area contributed by atoms with Crippen molar-refractivity contribution in [3.05, 3.63) is 70.2 Å². The molecule has 108 valence electrons. The van der Waals surface area contributed by atoms with Gasteiger partial charge in [0, 0.05) is 4.47 Å². The summed E-state index contributed by atoms with van der Waals surface area (Å²) in [4.78, 5) is 23.6. The van der Waals surface area contributed by atoms with E-state index in [2.05, 4.69) is 21.2 Å². The lowest BCUT2D eigenvalue weighted by molar-refractivity contribution is -0.127. The second-order valence-electron chi connectivity index (χ2n) is 4.62. The maximum atomic E-state index is 12.1. The molecule has 2 aromatic carbocycles. The van der Waals surface area contributed by atoms with E-state index in [1.54, 1.807) is 24.3 Å². The molecule has 0 spiro atoms. The molecule has 0 aromatic heterocycles. The molecule has 0 aliphatic carbocycles. The fraction of sp³-hybridized carbons (Fsp3) is 0.125. The number of primary amides is 1. The number of benzene rings is 2. The molecule has 0 aliphatic rings. The first-order chi connectivity index (χ1) is 10.1. The van der Waals surface area contributed by atoms with E-state index in [-0.39, 0.29) is 12.3 Å². The summed E-state index contributed by atoms with van der Waals surface area (Å²) >= 11 is 3.34. The van der Waals surface area contributed by atoms with Gasteiger partial charge in [-0.25, -0.2) is 0 Å². The molecule has 0 heterocycles. The Bertz CT molecular complexity index is 626. The van der Waals surface area contributed by atoms with Gasteiger partial charge in [-0.2, -0.15) is 0 Å². The average Bonchev–Trinajstić information content (AvgIpc) is 2.48. The van der Waals surface area contributed by atoms with Crippen molar-refractivity contribution in [1.82, 2.24) is 5.32 Å². The quantitative estimate of drug-likeness (QED) is 0.871. The number of nitrogens with two attached hydrogens (primary N) is 1. The number of amides is 2. The standard InChI is InChI=1S/C16H15BrN2O2/c17-13-8-6-11(7-9-13)10-14(20)19-15(16(18)21)12-4-2-1-3-5-12/h1-9,15H,10H2,(H2,18,21)(H,19,20). The molecule has 0 fully saturated rings. The molecule has 1 atom stereocenters. The minimum atomic E-state index is -0.811. The summed E-state index contributed by atoms with van der Waals surface area (Å²) in [7, 11) is 0. The number of hydrogen-bond donors (Lipinski definition) is 2. The maximum Gasteiger partial charge on any atom is 0.244 e. The molecular weight excluding hydrogens is 332 g/mol. The SMILES string of the molecule is NC(=O)C(NC(=O)Cc1ccc(Br)cc1)c1ccccc1. The molecule has 2 rings (SSSR count). The van der Waals surface area contributed by atoms with E-state index in [4.69, 9.17) is 5.73 Å². The van der Waals surface area contributed by atoms with Crippen LogP contribution in [0.2, 0.25) is 0 Å². The van der Waals surface area contributed by atoms with Crippen molar-refractivity contribution in [2.24, 2.45) is 5.73 Å². The summed E-state index contributed by atoms with van der Waals surface area (Å²) in [5.74, 6) is -0.824. The first kappa shape index (κ1) is 15.3. The van der Waals surface area contributed by atoms with Crippen LogP contribution in [-0.4, -0.2) is 11.8 Å². The first-order valence-electron chi connectivity index (χ1n) is 6.44. The molecule has 21 heavy (non-hydrogen) atoms. The van der Waals surface area contributed by atoms with E-state index in [0.29, 0.717) is 5.56 Å². The van der Waals surface area contributed by atoms with E-state index >= 15 is 0 Å². The highest BCUT2D eigenvalue weighted by Gasteiger charge is 2.19. The normalized spacial score (nSPS) is 11.7. The molecule has 5 heteroatoms. The van der Waals surface area contributed by atoms with Gasteiger partial charge in [0.15, 0.2) is 0 Å². The summed E-state index contributed by atoms with van der Waals surface area (Å²) in [6.07, 6.45) is 0.198. The van der Waals surface area contributed by atoms with Gasteiger partial charge in [-0.05, 0) is 23.3 Å². The number of hydrogen-bond acceptors (Lipinski definition) is 2. The van der Waals surface area contributed by atoms with Crippen LogP contribution in [-0.2, 0) is 16.0 Å². The van der Waals surface area contributed by atoms with Gasteiger partial charge >= 0.3 is 0 Å². The Kier molecular flexibility index (Phi) is 5.11. The summed E-state index contributed by atoms with van der Waals surface area (Å²) < 4.78 is 0.950. The Balaban J connectivity index is 2.05. The van der Waals surface area contributed by atoms with E-state index in [9.17, 15) is 9.59 Å². The predicted molar refractivity (Wildman–Crippen MR) is 84.4 cm³/mol. The zero-order valence-corrected chi connectivity index (χ0v) is 12.8. The van der Waals surface area contributed by atoms with Crippen LogP contribution in [0.3, 0.4) is 0 Å².